The zero-order chi connectivity index (χ0) is 26.2. The number of imidazole rings is 1. The Morgan fingerprint density at radius 2 is 1.82 bits per heavy atom. The van der Waals surface area contributed by atoms with E-state index in [1.807, 2.05) is 54.0 Å². The maximum atomic E-state index is 13.8. The van der Waals surface area contributed by atoms with Crippen LogP contribution in [0.15, 0.2) is 72.0 Å². The van der Waals surface area contributed by atoms with Gasteiger partial charge in [-0.05, 0) is 68.9 Å². The molecule has 9 heteroatoms. The quantitative estimate of drug-likeness (QED) is 0.344. The van der Waals surface area contributed by atoms with Gasteiger partial charge in [0, 0.05) is 30.4 Å². The van der Waals surface area contributed by atoms with Crippen LogP contribution in [0.5, 0.6) is 0 Å². The molecule has 6 rings (SSSR count). The van der Waals surface area contributed by atoms with Gasteiger partial charge in [-0.1, -0.05) is 29.8 Å². The summed E-state index contributed by atoms with van der Waals surface area (Å²) in [6, 6.07) is 15.4. The van der Waals surface area contributed by atoms with Crippen LogP contribution in [0.25, 0.3) is 27.6 Å². The summed E-state index contributed by atoms with van der Waals surface area (Å²) in [4.78, 5) is 39.4. The molecular weight excluding hydrogens is 500 g/mol. The summed E-state index contributed by atoms with van der Waals surface area (Å²) in [5, 5.41) is 4.43. The van der Waals surface area contributed by atoms with Crippen molar-refractivity contribution in [2.45, 2.75) is 45.2 Å². The molecule has 1 saturated carbocycles. The molecule has 0 spiro atoms. The molecular formula is C29H27ClN6O2. The maximum absolute atomic E-state index is 13.8. The molecule has 1 fully saturated rings. The number of hydrogen-bond acceptors (Lipinski definition) is 5. The molecule has 2 aromatic carbocycles. The fraction of sp³-hybridized carbons (Fsp3) is 0.276. The van der Waals surface area contributed by atoms with Crippen molar-refractivity contribution in [2.24, 2.45) is 5.92 Å². The fourth-order valence-electron chi connectivity index (χ4n) is 5.55. The number of nitrogens with zero attached hydrogens (tertiary/aromatic N) is 5. The highest BCUT2D eigenvalue weighted by atomic mass is 35.5. The molecule has 1 amide bonds. The number of amides is 1. The van der Waals surface area contributed by atoms with E-state index in [0.717, 1.165) is 53.3 Å². The lowest BCUT2D eigenvalue weighted by molar-refractivity contribution is 0.0919. The number of carbonyl (C=O) groups excluding carboxylic acids is 1. The smallest absolute Gasteiger partial charge is 0.333 e. The van der Waals surface area contributed by atoms with Gasteiger partial charge in [-0.2, -0.15) is 0 Å². The number of pyridine rings is 1. The maximum Gasteiger partial charge on any atom is 0.333 e. The summed E-state index contributed by atoms with van der Waals surface area (Å²) in [6.07, 6.45) is 8.38. The number of benzene rings is 2. The van der Waals surface area contributed by atoms with Gasteiger partial charge in [0.2, 0.25) is 0 Å². The number of nitrogens with one attached hydrogen (secondary N) is 1. The van der Waals surface area contributed by atoms with E-state index in [1.165, 1.54) is 6.33 Å². The van der Waals surface area contributed by atoms with E-state index in [0.29, 0.717) is 28.7 Å². The minimum atomic E-state index is -0.140. The summed E-state index contributed by atoms with van der Waals surface area (Å²) in [7, 11) is 0. The predicted molar refractivity (Wildman–Crippen MR) is 148 cm³/mol. The van der Waals surface area contributed by atoms with Crippen LogP contribution in [0.2, 0.25) is 5.02 Å². The van der Waals surface area contributed by atoms with E-state index >= 15 is 0 Å². The highest BCUT2D eigenvalue weighted by Crippen LogP contribution is 2.29. The van der Waals surface area contributed by atoms with E-state index in [9.17, 15) is 9.59 Å². The van der Waals surface area contributed by atoms with Crippen LogP contribution < -0.4 is 11.0 Å². The molecule has 0 aliphatic heterocycles. The van der Waals surface area contributed by atoms with Gasteiger partial charge in [0.1, 0.15) is 6.33 Å². The number of halogens is 1. The minimum absolute atomic E-state index is 0.0677. The van der Waals surface area contributed by atoms with Crippen LogP contribution in [0.3, 0.4) is 0 Å². The fourth-order valence-corrected chi connectivity index (χ4v) is 5.71. The topological polar surface area (TPSA) is 94.7 Å². The second kappa shape index (κ2) is 10.0. The van der Waals surface area contributed by atoms with Crippen LogP contribution in [0.1, 0.15) is 41.7 Å². The second-order valence-corrected chi connectivity index (χ2v) is 10.4. The van der Waals surface area contributed by atoms with Crippen LogP contribution in [0, 0.1) is 12.8 Å². The van der Waals surface area contributed by atoms with E-state index in [-0.39, 0.29) is 17.6 Å². The average molecular weight is 527 g/mol. The molecule has 0 unspecified atom stereocenters. The highest BCUT2D eigenvalue weighted by Gasteiger charge is 2.26. The molecule has 5 aromatic rings. The Morgan fingerprint density at radius 3 is 2.63 bits per heavy atom. The Hall–Kier alpha value is -4.04. The van der Waals surface area contributed by atoms with E-state index in [4.69, 9.17) is 11.6 Å². The SMILES string of the molecule is Cc1ncc(Cl)cc1C(=O)NC1CCC(Cn2c(=O)n(-c3cccc4ncncc34)c3ccccc32)CC1. The van der Waals surface area contributed by atoms with Crippen molar-refractivity contribution >= 4 is 39.4 Å². The van der Waals surface area contributed by atoms with Gasteiger partial charge in [-0.3, -0.25) is 18.9 Å². The highest BCUT2D eigenvalue weighted by molar-refractivity contribution is 6.30. The number of aromatic nitrogens is 5. The van der Waals surface area contributed by atoms with E-state index in [1.54, 1.807) is 23.0 Å². The molecule has 1 aliphatic carbocycles. The standard InChI is InChI=1S/C29H27ClN6O2/c1-18-22(13-20(30)14-32-18)28(37)34-21-11-9-19(10-12-21)16-35-26-6-2-3-7-27(26)36(29(35)38)25-8-4-5-24-23(25)15-31-17-33-24/h2-8,13-15,17,19,21H,9-12,16H2,1H3,(H,34,37). The predicted octanol–water partition coefficient (Wildman–Crippen LogP) is 5.08. The van der Waals surface area contributed by atoms with E-state index in [2.05, 4.69) is 20.3 Å². The van der Waals surface area contributed by atoms with Crippen LogP contribution in [-0.2, 0) is 6.54 Å². The van der Waals surface area contributed by atoms with Crippen LogP contribution >= 0.6 is 11.6 Å². The van der Waals surface area contributed by atoms with Crippen molar-refractivity contribution in [3.8, 4) is 5.69 Å². The summed E-state index contributed by atoms with van der Waals surface area (Å²) < 4.78 is 3.66. The second-order valence-electron chi connectivity index (χ2n) is 9.93. The Labute approximate surface area is 224 Å². The molecule has 1 N–H and O–H groups in total. The van der Waals surface area contributed by atoms with Gasteiger partial charge in [0.25, 0.3) is 5.91 Å². The first-order valence-corrected chi connectivity index (χ1v) is 13.2. The first kappa shape index (κ1) is 24.3. The van der Waals surface area contributed by atoms with Crippen molar-refractivity contribution in [1.82, 2.24) is 29.4 Å². The molecule has 1 aliphatic rings. The van der Waals surface area contributed by atoms with Crippen molar-refractivity contribution in [1.29, 1.82) is 0 Å². The van der Waals surface area contributed by atoms with Gasteiger partial charge in [-0.25, -0.2) is 14.8 Å². The van der Waals surface area contributed by atoms with Gasteiger partial charge in [0.05, 0.1) is 38.5 Å². The Balaban J connectivity index is 1.23. The van der Waals surface area contributed by atoms with Gasteiger partial charge in [0.15, 0.2) is 0 Å². The van der Waals surface area contributed by atoms with Crippen molar-refractivity contribution in [3.05, 3.63) is 94.0 Å². The Morgan fingerprint density at radius 1 is 1.03 bits per heavy atom. The molecule has 0 radical (unpaired) electrons. The lowest BCUT2D eigenvalue weighted by Crippen LogP contribution is -2.39. The first-order chi connectivity index (χ1) is 18.5. The lowest BCUT2D eigenvalue weighted by Gasteiger charge is -2.29. The number of fused-ring (bicyclic) bond motifs is 2. The number of para-hydroxylation sites is 2. The van der Waals surface area contributed by atoms with Gasteiger partial charge < -0.3 is 5.32 Å². The summed E-state index contributed by atoms with van der Waals surface area (Å²) in [6.45, 7) is 2.44. The molecule has 192 valence electrons. The zero-order valence-electron chi connectivity index (χ0n) is 21.0. The number of carbonyl (C=O) groups is 1. The normalized spacial score (nSPS) is 17.6. The zero-order valence-corrected chi connectivity index (χ0v) is 21.7. The van der Waals surface area contributed by atoms with E-state index < -0.39 is 0 Å². The minimum Gasteiger partial charge on any atom is -0.349 e. The van der Waals surface area contributed by atoms with Crippen molar-refractivity contribution in [3.63, 3.8) is 0 Å². The number of aryl methyl sites for hydroxylation is 1. The molecule has 0 bridgehead atoms. The monoisotopic (exact) mass is 526 g/mol. The summed E-state index contributed by atoms with van der Waals surface area (Å²) >= 11 is 6.05. The Kier molecular flexibility index (Phi) is 6.41. The third-order valence-electron chi connectivity index (χ3n) is 7.52. The third-order valence-corrected chi connectivity index (χ3v) is 7.73. The molecule has 0 saturated heterocycles. The average Bonchev–Trinajstić information content (AvgIpc) is 3.21. The van der Waals surface area contributed by atoms with Crippen LogP contribution in [0.4, 0.5) is 0 Å². The van der Waals surface area contributed by atoms with Crippen LogP contribution in [-0.4, -0.2) is 36.0 Å². The summed E-state index contributed by atoms with van der Waals surface area (Å²) in [5.41, 5.74) is 4.45. The molecule has 8 nitrogen and oxygen atoms in total. The molecule has 0 atom stereocenters. The first-order valence-electron chi connectivity index (χ1n) is 12.8. The molecule has 3 heterocycles. The number of hydrogen-bond donors (Lipinski definition) is 1. The van der Waals surface area contributed by atoms with Gasteiger partial charge in [-0.15, -0.1) is 0 Å². The molecule has 3 aromatic heterocycles. The summed E-state index contributed by atoms with van der Waals surface area (Å²) in [5.74, 6) is 0.199. The lowest BCUT2D eigenvalue weighted by atomic mass is 9.85. The van der Waals surface area contributed by atoms with Gasteiger partial charge >= 0.3 is 5.69 Å². The largest absolute Gasteiger partial charge is 0.349 e. The Bertz CT molecular complexity index is 1710. The van der Waals surface area contributed by atoms with Crippen molar-refractivity contribution < 1.29 is 4.79 Å². The van der Waals surface area contributed by atoms with Crippen molar-refractivity contribution in [2.75, 3.05) is 0 Å². The molecule has 38 heavy (non-hydrogen) atoms. The number of rotatable bonds is 5. The third kappa shape index (κ3) is 4.45.